The SMILES string of the molecule is O=C(C#CCCCCN1CCOCC1)Nc1cc2c(Nc3ccc(Oc4ccccn4)c(Cl)c3)ncnc2cn1. The van der Waals surface area contributed by atoms with E-state index < -0.39 is 5.91 Å². The number of halogens is 1. The van der Waals surface area contributed by atoms with Crippen LogP contribution >= 0.6 is 11.6 Å². The van der Waals surface area contributed by atoms with Crippen molar-refractivity contribution in [3.63, 3.8) is 0 Å². The zero-order valence-electron chi connectivity index (χ0n) is 21.8. The Hall–Kier alpha value is -4.30. The van der Waals surface area contributed by atoms with E-state index in [1.807, 2.05) is 18.2 Å². The zero-order chi connectivity index (χ0) is 27.6. The summed E-state index contributed by atoms with van der Waals surface area (Å²) in [5.74, 6) is 7.00. The summed E-state index contributed by atoms with van der Waals surface area (Å²) in [4.78, 5) is 31.9. The Morgan fingerprint density at radius 1 is 1.07 bits per heavy atom. The van der Waals surface area contributed by atoms with E-state index in [1.165, 1.54) is 6.33 Å². The first-order chi connectivity index (χ1) is 19.6. The Balaban J connectivity index is 1.19. The van der Waals surface area contributed by atoms with Gasteiger partial charge in [0.15, 0.2) is 0 Å². The molecule has 204 valence electrons. The van der Waals surface area contributed by atoms with E-state index in [2.05, 4.69) is 47.3 Å². The van der Waals surface area contributed by atoms with Gasteiger partial charge in [-0.3, -0.25) is 15.0 Å². The predicted octanol–water partition coefficient (Wildman–Crippen LogP) is 5.05. The Bertz CT molecular complexity index is 1520. The summed E-state index contributed by atoms with van der Waals surface area (Å²) < 4.78 is 11.1. The molecule has 11 heteroatoms. The Labute approximate surface area is 237 Å². The fourth-order valence-corrected chi connectivity index (χ4v) is 4.33. The molecule has 0 bridgehead atoms. The number of morpholine rings is 1. The third kappa shape index (κ3) is 7.64. The fraction of sp³-hybridized carbons (Fsp3) is 0.276. The zero-order valence-corrected chi connectivity index (χ0v) is 22.5. The summed E-state index contributed by atoms with van der Waals surface area (Å²) >= 11 is 6.45. The molecule has 0 saturated carbocycles. The molecule has 3 aromatic heterocycles. The maximum Gasteiger partial charge on any atom is 0.301 e. The molecule has 0 radical (unpaired) electrons. The van der Waals surface area contributed by atoms with Gasteiger partial charge in [0.2, 0.25) is 5.88 Å². The second-order valence-corrected chi connectivity index (χ2v) is 9.42. The van der Waals surface area contributed by atoms with Crippen molar-refractivity contribution >= 4 is 45.7 Å². The molecule has 0 atom stereocenters. The van der Waals surface area contributed by atoms with Crippen molar-refractivity contribution in [2.24, 2.45) is 0 Å². The van der Waals surface area contributed by atoms with Gasteiger partial charge in [-0.25, -0.2) is 19.9 Å². The van der Waals surface area contributed by atoms with Crippen LogP contribution < -0.4 is 15.4 Å². The number of unbranched alkanes of at least 4 members (excludes halogenated alkanes) is 2. The number of anilines is 3. The van der Waals surface area contributed by atoms with Gasteiger partial charge in [-0.1, -0.05) is 23.6 Å². The number of carbonyl (C=O) groups excluding carboxylic acids is 1. The molecule has 0 spiro atoms. The first-order valence-electron chi connectivity index (χ1n) is 13.0. The van der Waals surface area contributed by atoms with Crippen molar-refractivity contribution in [1.82, 2.24) is 24.8 Å². The number of hydrogen-bond donors (Lipinski definition) is 2. The quantitative estimate of drug-likeness (QED) is 0.215. The number of aromatic nitrogens is 4. The average molecular weight is 558 g/mol. The van der Waals surface area contributed by atoms with Crippen LogP contribution in [0, 0.1) is 11.8 Å². The van der Waals surface area contributed by atoms with Crippen LogP contribution in [-0.2, 0) is 9.53 Å². The smallest absolute Gasteiger partial charge is 0.301 e. The van der Waals surface area contributed by atoms with Crippen molar-refractivity contribution in [3.8, 4) is 23.5 Å². The van der Waals surface area contributed by atoms with E-state index in [0.717, 1.165) is 45.7 Å². The van der Waals surface area contributed by atoms with Gasteiger partial charge < -0.3 is 14.8 Å². The molecule has 0 aliphatic carbocycles. The third-order valence-electron chi connectivity index (χ3n) is 6.14. The van der Waals surface area contributed by atoms with Crippen LogP contribution in [-0.4, -0.2) is 63.6 Å². The van der Waals surface area contributed by atoms with Crippen molar-refractivity contribution in [3.05, 3.63) is 66.2 Å². The van der Waals surface area contributed by atoms with Crippen molar-refractivity contribution in [2.75, 3.05) is 43.5 Å². The van der Waals surface area contributed by atoms with E-state index in [4.69, 9.17) is 21.1 Å². The Kier molecular flexibility index (Phi) is 9.32. The van der Waals surface area contributed by atoms with Gasteiger partial charge in [-0.15, -0.1) is 0 Å². The van der Waals surface area contributed by atoms with Crippen molar-refractivity contribution < 1.29 is 14.3 Å². The van der Waals surface area contributed by atoms with Crippen LogP contribution in [0.1, 0.15) is 19.3 Å². The van der Waals surface area contributed by atoms with Gasteiger partial charge in [-0.05, 0) is 55.6 Å². The van der Waals surface area contributed by atoms with E-state index in [1.54, 1.807) is 36.7 Å². The van der Waals surface area contributed by atoms with Gasteiger partial charge in [0, 0.05) is 42.8 Å². The van der Waals surface area contributed by atoms with Gasteiger partial charge in [0.1, 0.15) is 23.7 Å². The summed E-state index contributed by atoms with van der Waals surface area (Å²) in [5, 5.41) is 7.07. The number of fused-ring (bicyclic) bond motifs is 1. The molecule has 2 N–H and O–H groups in total. The normalized spacial score (nSPS) is 13.3. The summed E-state index contributed by atoms with van der Waals surface area (Å²) in [6, 6.07) is 12.4. The molecule has 4 heterocycles. The molecular formula is C29H28ClN7O3. The molecule has 5 rings (SSSR count). The standard InChI is InChI=1S/C29H28ClN7O3/c30-23-17-21(9-10-25(23)40-28-8-4-5-11-31-28)35-29-22-18-26(32-19-24(22)33-20-34-29)36-27(38)7-3-1-2-6-12-37-13-15-39-16-14-37/h4-5,8-11,17-20H,1-2,6,12-16H2,(H,32,36,38)(H,33,34,35). The Morgan fingerprint density at radius 2 is 1.98 bits per heavy atom. The number of nitrogens with one attached hydrogen (secondary N) is 2. The molecule has 40 heavy (non-hydrogen) atoms. The third-order valence-corrected chi connectivity index (χ3v) is 6.44. The second kappa shape index (κ2) is 13.7. The minimum atomic E-state index is -0.415. The molecule has 1 aromatic carbocycles. The molecule has 1 aliphatic heterocycles. The number of carbonyl (C=O) groups is 1. The minimum absolute atomic E-state index is 0.356. The summed E-state index contributed by atoms with van der Waals surface area (Å²) in [5.41, 5.74) is 1.31. The van der Waals surface area contributed by atoms with Crippen molar-refractivity contribution in [2.45, 2.75) is 19.3 Å². The molecule has 4 aromatic rings. The first kappa shape index (κ1) is 27.3. The number of benzene rings is 1. The number of nitrogens with zero attached hydrogens (tertiary/aromatic N) is 5. The monoisotopic (exact) mass is 557 g/mol. The predicted molar refractivity (Wildman–Crippen MR) is 154 cm³/mol. The highest BCUT2D eigenvalue weighted by atomic mass is 35.5. The topological polar surface area (TPSA) is 114 Å². The average Bonchev–Trinajstić information content (AvgIpc) is 2.98. The fourth-order valence-electron chi connectivity index (χ4n) is 4.11. The lowest BCUT2D eigenvalue weighted by molar-refractivity contribution is -0.111. The van der Waals surface area contributed by atoms with E-state index in [9.17, 15) is 4.79 Å². The second-order valence-electron chi connectivity index (χ2n) is 9.02. The Morgan fingerprint density at radius 3 is 2.80 bits per heavy atom. The molecule has 0 unspecified atom stereocenters. The maximum absolute atomic E-state index is 12.4. The number of hydrogen-bond acceptors (Lipinski definition) is 9. The molecule has 1 aliphatic rings. The van der Waals surface area contributed by atoms with E-state index >= 15 is 0 Å². The summed E-state index contributed by atoms with van der Waals surface area (Å²) in [6.07, 6.45) is 7.32. The molecular weight excluding hydrogens is 530 g/mol. The highest BCUT2D eigenvalue weighted by molar-refractivity contribution is 6.32. The van der Waals surface area contributed by atoms with Gasteiger partial charge in [-0.2, -0.15) is 0 Å². The number of amides is 1. The van der Waals surface area contributed by atoms with Crippen molar-refractivity contribution in [1.29, 1.82) is 0 Å². The van der Waals surface area contributed by atoms with E-state index in [-0.39, 0.29) is 0 Å². The number of ether oxygens (including phenoxy) is 2. The van der Waals surface area contributed by atoms with Gasteiger partial charge in [0.25, 0.3) is 0 Å². The highest BCUT2D eigenvalue weighted by Crippen LogP contribution is 2.32. The maximum atomic E-state index is 12.4. The molecule has 1 fully saturated rings. The molecule has 1 saturated heterocycles. The van der Waals surface area contributed by atoms with Crippen LogP contribution in [0.3, 0.4) is 0 Å². The molecule has 10 nitrogen and oxygen atoms in total. The number of rotatable bonds is 9. The van der Waals surface area contributed by atoms with Gasteiger partial charge >= 0.3 is 5.91 Å². The summed E-state index contributed by atoms with van der Waals surface area (Å²) in [6.45, 7) is 4.60. The lowest BCUT2D eigenvalue weighted by Gasteiger charge is -2.26. The highest BCUT2D eigenvalue weighted by Gasteiger charge is 2.11. The lowest BCUT2D eigenvalue weighted by Crippen LogP contribution is -2.36. The van der Waals surface area contributed by atoms with E-state index in [0.29, 0.717) is 51.3 Å². The molecule has 1 amide bonds. The number of pyridine rings is 2. The minimum Gasteiger partial charge on any atom is -0.437 e. The van der Waals surface area contributed by atoms with Crippen LogP contribution in [0.4, 0.5) is 17.3 Å². The lowest BCUT2D eigenvalue weighted by atomic mass is 10.2. The van der Waals surface area contributed by atoms with Gasteiger partial charge in [0.05, 0.1) is 29.9 Å². The largest absolute Gasteiger partial charge is 0.437 e. The van der Waals surface area contributed by atoms with Crippen LogP contribution in [0.2, 0.25) is 5.02 Å². The summed E-state index contributed by atoms with van der Waals surface area (Å²) in [7, 11) is 0. The van der Waals surface area contributed by atoms with Crippen LogP contribution in [0.25, 0.3) is 10.9 Å². The van der Waals surface area contributed by atoms with Crippen LogP contribution in [0.15, 0.2) is 61.2 Å². The first-order valence-corrected chi connectivity index (χ1v) is 13.4. The van der Waals surface area contributed by atoms with Crippen LogP contribution in [0.5, 0.6) is 11.6 Å².